The number of likely N-dealkylation sites (N-methyl/N-ethyl adjacent to an activating group) is 1. The third kappa shape index (κ3) is 4.72. The van der Waals surface area contributed by atoms with Crippen LogP contribution in [0.15, 0.2) is 76.1 Å². The fraction of sp³-hybridized carbons (Fsp3) is 0.200. The molecule has 3 rings (SSSR count). The minimum absolute atomic E-state index is 0.0973. The Hall–Kier alpha value is -2.15. The van der Waals surface area contributed by atoms with Gasteiger partial charge in [-0.15, -0.1) is 11.3 Å². The van der Waals surface area contributed by atoms with Crippen LogP contribution >= 0.6 is 23.1 Å². The summed E-state index contributed by atoms with van der Waals surface area (Å²) in [5.41, 5.74) is 0.602. The molecular weight excluding hydrogens is 362 g/mol. The van der Waals surface area contributed by atoms with E-state index in [2.05, 4.69) is 26.6 Å². The summed E-state index contributed by atoms with van der Waals surface area (Å²) in [6, 6.07) is 17.9. The zero-order valence-electron chi connectivity index (χ0n) is 14.8. The van der Waals surface area contributed by atoms with Gasteiger partial charge in [0.25, 0.3) is 5.91 Å². The second-order valence-corrected chi connectivity index (χ2v) is 8.02. The molecule has 1 atom stereocenters. The first kappa shape index (κ1) is 18.6. The van der Waals surface area contributed by atoms with Gasteiger partial charge in [-0.05, 0) is 49.8 Å². The molecule has 3 aromatic rings. The Morgan fingerprint density at radius 3 is 2.65 bits per heavy atom. The quantitative estimate of drug-likeness (QED) is 0.660. The molecule has 134 valence electrons. The van der Waals surface area contributed by atoms with Crippen molar-refractivity contribution < 1.29 is 4.79 Å². The summed E-state index contributed by atoms with van der Waals surface area (Å²) in [5, 5.41) is 5.84. The summed E-state index contributed by atoms with van der Waals surface area (Å²) in [7, 11) is 4.05. The zero-order chi connectivity index (χ0) is 18.4. The summed E-state index contributed by atoms with van der Waals surface area (Å²) in [6.45, 7) is 0.552. The molecule has 0 unspecified atom stereocenters. The van der Waals surface area contributed by atoms with Crippen LogP contribution in [0.1, 0.15) is 21.3 Å². The lowest BCUT2D eigenvalue weighted by atomic mass is 10.2. The average Bonchev–Trinajstić information content (AvgIpc) is 3.17. The highest BCUT2D eigenvalue weighted by molar-refractivity contribution is 7.99. The number of benzene rings is 1. The van der Waals surface area contributed by atoms with Crippen LogP contribution in [-0.2, 0) is 0 Å². The number of hydrogen-bond donors (Lipinski definition) is 1. The van der Waals surface area contributed by atoms with Crippen LogP contribution in [0.4, 0.5) is 0 Å². The maximum atomic E-state index is 12.8. The van der Waals surface area contributed by atoms with Crippen LogP contribution in [0.25, 0.3) is 0 Å². The lowest BCUT2D eigenvalue weighted by molar-refractivity contribution is 0.0938. The van der Waals surface area contributed by atoms with E-state index in [4.69, 9.17) is 0 Å². The zero-order valence-corrected chi connectivity index (χ0v) is 16.4. The molecule has 26 heavy (non-hydrogen) atoms. The van der Waals surface area contributed by atoms with Gasteiger partial charge in [0.2, 0.25) is 0 Å². The topological polar surface area (TPSA) is 45.2 Å². The van der Waals surface area contributed by atoms with E-state index in [1.807, 2.05) is 56.6 Å². The fourth-order valence-corrected chi connectivity index (χ4v) is 4.37. The highest BCUT2D eigenvalue weighted by Gasteiger charge is 2.18. The molecule has 1 aromatic carbocycles. The van der Waals surface area contributed by atoms with Gasteiger partial charge in [0, 0.05) is 22.5 Å². The minimum Gasteiger partial charge on any atom is -0.350 e. The van der Waals surface area contributed by atoms with E-state index in [1.54, 1.807) is 23.6 Å². The molecule has 2 aromatic heterocycles. The predicted molar refractivity (Wildman–Crippen MR) is 108 cm³/mol. The maximum absolute atomic E-state index is 12.8. The van der Waals surface area contributed by atoms with Gasteiger partial charge in [-0.2, -0.15) is 0 Å². The summed E-state index contributed by atoms with van der Waals surface area (Å²) in [6.07, 6.45) is 1.72. The van der Waals surface area contributed by atoms with Crippen LogP contribution in [-0.4, -0.2) is 36.4 Å². The van der Waals surface area contributed by atoms with Crippen molar-refractivity contribution in [3.63, 3.8) is 0 Å². The standard InChI is InChI=1S/C20H21N3OS2/c1-23(2)17(18-11-7-13-25-18)14-22-19(24)16-10-6-12-21-20(16)26-15-8-4-3-5-9-15/h3-13,17H,14H2,1-2H3,(H,22,24)/t17-/m1/s1. The van der Waals surface area contributed by atoms with E-state index in [-0.39, 0.29) is 11.9 Å². The number of carbonyl (C=O) groups is 1. The minimum atomic E-state index is -0.0973. The van der Waals surface area contributed by atoms with Gasteiger partial charge in [0.1, 0.15) is 5.03 Å². The van der Waals surface area contributed by atoms with Crippen molar-refractivity contribution in [1.82, 2.24) is 15.2 Å². The predicted octanol–water partition coefficient (Wildman–Crippen LogP) is 4.33. The van der Waals surface area contributed by atoms with Gasteiger partial charge in [0.15, 0.2) is 0 Å². The van der Waals surface area contributed by atoms with Crippen molar-refractivity contribution in [1.29, 1.82) is 0 Å². The molecule has 0 spiro atoms. The smallest absolute Gasteiger partial charge is 0.254 e. The molecule has 0 saturated heterocycles. The SMILES string of the molecule is CN(C)[C@H](CNC(=O)c1cccnc1Sc1ccccc1)c1cccs1. The second-order valence-electron chi connectivity index (χ2n) is 5.98. The van der Waals surface area contributed by atoms with Gasteiger partial charge in [-0.3, -0.25) is 4.79 Å². The van der Waals surface area contributed by atoms with Gasteiger partial charge >= 0.3 is 0 Å². The summed E-state index contributed by atoms with van der Waals surface area (Å²) < 4.78 is 0. The number of aromatic nitrogens is 1. The van der Waals surface area contributed by atoms with Crippen molar-refractivity contribution in [2.24, 2.45) is 0 Å². The van der Waals surface area contributed by atoms with Gasteiger partial charge in [-0.25, -0.2) is 4.98 Å². The Kier molecular flexibility index (Phi) is 6.44. The lowest BCUT2D eigenvalue weighted by Gasteiger charge is -2.23. The number of rotatable bonds is 7. The first-order valence-corrected chi connectivity index (χ1v) is 10.0. The molecule has 4 nitrogen and oxygen atoms in total. The summed E-state index contributed by atoms with van der Waals surface area (Å²) in [5.74, 6) is -0.0973. The molecule has 2 heterocycles. The number of hydrogen-bond acceptors (Lipinski definition) is 5. The van der Waals surface area contributed by atoms with Crippen molar-refractivity contribution in [2.75, 3.05) is 20.6 Å². The number of carbonyl (C=O) groups excluding carboxylic acids is 1. The highest BCUT2D eigenvalue weighted by Crippen LogP contribution is 2.28. The Morgan fingerprint density at radius 2 is 1.96 bits per heavy atom. The number of nitrogens with zero attached hydrogens (tertiary/aromatic N) is 2. The van der Waals surface area contributed by atoms with E-state index in [9.17, 15) is 4.79 Å². The molecule has 6 heteroatoms. The van der Waals surface area contributed by atoms with E-state index in [1.165, 1.54) is 16.6 Å². The fourth-order valence-electron chi connectivity index (χ4n) is 2.55. The first-order chi connectivity index (χ1) is 12.6. The van der Waals surface area contributed by atoms with Gasteiger partial charge in [-0.1, -0.05) is 36.0 Å². The van der Waals surface area contributed by atoms with Crippen LogP contribution in [0.2, 0.25) is 0 Å². The Bertz CT molecular complexity index is 835. The highest BCUT2D eigenvalue weighted by atomic mass is 32.2. The van der Waals surface area contributed by atoms with E-state index in [0.717, 1.165) is 4.90 Å². The average molecular weight is 384 g/mol. The lowest BCUT2D eigenvalue weighted by Crippen LogP contribution is -2.34. The van der Waals surface area contributed by atoms with Crippen molar-refractivity contribution in [3.05, 3.63) is 76.6 Å². The van der Waals surface area contributed by atoms with Crippen molar-refractivity contribution >= 4 is 29.0 Å². The Labute approximate surface area is 162 Å². The first-order valence-electron chi connectivity index (χ1n) is 8.31. The van der Waals surface area contributed by atoms with E-state index >= 15 is 0 Å². The van der Waals surface area contributed by atoms with Crippen LogP contribution in [0.3, 0.4) is 0 Å². The van der Waals surface area contributed by atoms with E-state index in [0.29, 0.717) is 17.1 Å². The molecule has 0 fully saturated rings. The molecule has 0 aliphatic carbocycles. The summed E-state index contributed by atoms with van der Waals surface area (Å²) in [4.78, 5) is 21.6. The number of amides is 1. The molecular formula is C20H21N3OS2. The monoisotopic (exact) mass is 383 g/mol. The van der Waals surface area contributed by atoms with Crippen LogP contribution in [0, 0.1) is 0 Å². The van der Waals surface area contributed by atoms with Crippen LogP contribution in [0.5, 0.6) is 0 Å². The molecule has 0 bridgehead atoms. The molecule has 0 aliphatic heterocycles. The Morgan fingerprint density at radius 1 is 1.15 bits per heavy atom. The summed E-state index contributed by atoms with van der Waals surface area (Å²) >= 11 is 3.20. The molecule has 1 N–H and O–H groups in total. The number of nitrogens with one attached hydrogen (secondary N) is 1. The van der Waals surface area contributed by atoms with Crippen LogP contribution < -0.4 is 5.32 Å². The number of pyridine rings is 1. The molecule has 0 aliphatic rings. The van der Waals surface area contributed by atoms with Gasteiger partial charge < -0.3 is 10.2 Å². The normalized spacial score (nSPS) is 12.1. The third-order valence-electron chi connectivity index (χ3n) is 3.92. The molecule has 0 saturated carbocycles. The largest absolute Gasteiger partial charge is 0.350 e. The van der Waals surface area contributed by atoms with Crippen molar-refractivity contribution in [3.8, 4) is 0 Å². The molecule has 0 radical (unpaired) electrons. The number of thiophene rings is 1. The van der Waals surface area contributed by atoms with Crippen molar-refractivity contribution in [2.45, 2.75) is 16.0 Å². The second kappa shape index (κ2) is 8.98. The maximum Gasteiger partial charge on any atom is 0.254 e. The van der Waals surface area contributed by atoms with Gasteiger partial charge in [0.05, 0.1) is 11.6 Å². The van der Waals surface area contributed by atoms with E-state index < -0.39 is 0 Å². The Balaban J connectivity index is 1.72. The molecule has 1 amide bonds. The third-order valence-corrected chi connectivity index (χ3v) is 5.92.